The van der Waals surface area contributed by atoms with Crippen LogP contribution in [0.15, 0.2) is 51.8 Å². The second-order valence-corrected chi connectivity index (χ2v) is 5.95. The molecule has 1 N–H and O–H groups in total. The van der Waals surface area contributed by atoms with Gasteiger partial charge in [-0.15, -0.1) is 11.8 Å². The molecule has 0 aromatic heterocycles. The van der Waals surface area contributed by atoms with E-state index in [1.807, 2.05) is 24.3 Å². The van der Waals surface area contributed by atoms with Crippen molar-refractivity contribution in [3.05, 3.63) is 63.6 Å². The molecule has 0 saturated heterocycles. The minimum absolute atomic E-state index is 0.251. The number of nitriles is 1. The monoisotopic (exact) mass is 347 g/mol. The summed E-state index contributed by atoms with van der Waals surface area (Å²) < 4.78 is 0.570. The van der Waals surface area contributed by atoms with Crippen LogP contribution >= 0.6 is 27.7 Å². The quantitative estimate of drug-likeness (QED) is 0.837. The predicted octanol–water partition coefficient (Wildman–Crippen LogP) is 4.31. The third kappa shape index (κ3) is 3.62. The molecule has 20 heavy (non-hydrogen) atoms. The van der Waals surface area contributed by atoms with Crippen molar-refractivity contribution in [2.45, 2.75) is 10.6 Å². The molecule has 0 atom stereocenters. The zero-order valence-electron chi connectivity index (χ0n) is 10.3. The number of rotatable bonds is 4. The third-order valence-corrected chi connectivity index (χ3v) is 4.39. The summed E-state index contributed by atoms with van der Waals surface area (Å²) in [6.07, 6.45) is 0. The van der Waals surface area contributed by atoms with Crippen LogP contribution in [0.5, 0.6) is 0 Å². The highest BCUT2D eigenvalue weighted by Gasteiger charge is 2.09. The van der Waals surface area contributed by atoms with Gasteiger partial charge in [-0.05, 0) is 51.8 Å². The minimum Gasteiger partial charge on any atom is -0.478 e. The van der Waals surface area contributed by atoms with Crippen LogP contribution in [0.25, 0.3) is 0 Å². The van der Waals surface area contributed by atoms with Crippen LogP contribution in [0.3, 0.4) is 0 Å². The first-order chi connectivity index (χ1) is 9.60. The summed E-state index contributed by atoms with van der Waals surface area (Å²) in [6.45, 7) is 0. The summed E-state index contributed by atoms with van der Waals surface area (Å²) in [5.74, 6) is -0.262. The molecule has 0 fully saturated rings. The van der Waals surface area contributed by atoms with E-state index in [1.54, 1.807) is 18.2 Å². The lowest BCUT2D eigenvalue weighted by Gasteiger charge is -2.05. The van der Waals surface area contributed by atoms with Crippen LogP contribution in [0.1, 0.15) is 21.5 Å². The van der Waals surface area contributed by atoms with Gasteiger partial charge in [0, 0.05) is 15.1 Å². The normalized spacial score (nSPS) is 10.0. The van der Waals surface area contributed by atoms with E-state index >= 15 is 0 Å². The minimum atomic E-state index is -0.953. The molecule has 0 unspecified atom stereocenters. The number of benzene rings is 2. The first kappa shape index (κ1) is 14.6. The first-order valence-corrected chi connectivity index (χ1v) is 7.52. The van der Waals surface area contributed by atoms with Gasteiger partial charge in [0.2, 0.25) is 0 Å². The van der Waals surface area contributed by atoms with Crippen molar-refractivity contribution in [3.8, 4) is 6.07 Å². The van der Waals surface area contributed by atoms with Gasteiger partial charge >= 0.3 is 5.97 Å². The van der Waals surface area contributed by atoms with E-state index in [2.05, 4.69) is 22.0 Å². The summed E-state index contributed by atoms with van der Waals surface area (Å²) in [5, 5.41) is 17.9. The Hall–Kier alpha value is -1.77. The molecule has 2 aromatic carbocycles. The maximum Gasteiger partial charge on any atom is 0.336 e. The second-order valence-electron chi connectivity index (χ2n) is 4.05. The second kappa shape index (κ2) is 6.60. The van der Waals surface area contributed by atoms with Crippen molar-refractivity contribution < 1.29 is 9.90 Å². The van der Waals surface area contributed by atoms with E-state index < -0.39 is 5.97 Å². The number of aromatic carboxylic acids is 1. The molecule has 0 heterocycles. The van der Waals surface area contributed by atoms with Crippen LogP contribution < -0.4 is 0 Å². The number of carbonyl (C=O) groups is 1. The van der Waals surface area contributed by atoms with Gasteiger partial charge in [-0.1, -0.05) is 12.1 Å². The zero-order chi connectivity index (χ0) is 14.5. The van der Waals surface area contributed by atoms with Gasteiger partial charge in [0.15, 0.2) is 0 Å². The van der Waals surface area contributed by atoms with E-state index in [0.29, 0.717) is 15.8 Å². The predicted molar refractivity (Wildman–Crippen MR) is 81.8 cm³/mol. The fourth-order valence-corrected chi connectivity index (χ4v) is 2.95. The summed E-state index contributed by atoms with van der Waals surface area (Å²) in [4.78, 5) is 11.9. The van der Waals surface area contributed by atoms with Gasteiger partial charge in [0.1, 0.15) is 0 Å². The van der Waals surface area contributed by atoms with Gasteiger partial charge < -0.3 is 5.11 Å². The maximum atomic E-state index is 11.1. The smallest absolute Gasteiger partial charge is 0.336 e. The van der Waals surface area contributed by atoms with Gasteiger partial charge in [0.05, 0.1) is 17.2 Å². The van der Waals surface area contributed by atoms with Crippen molar-refractivity contribution in [2.24, 2.45) is 0 Å². The Morgan fingerprint density at radius 2 is 2.10 bits per heavy atom. The highest BCUT2D eigenvalue weighted by Crippen LogP contribution is 2.27. The van der Waals surface area contributed by atoms with E-state index in [1.165, 1.54) is 11.8 Å². The van der Waals surface area contributed by atoms with Crippen molar-refractivity contribution in [1.29, 1.82) is 5.26 Å². The number of carboxylic acids is 1. The molecule has 0 saturated carbocycles. The van der Waals surface area contributed by atoms with Crippen LogP contribution in [-0.2, 0) is 5.75 Å². The lowest BCUT2D eigenvalue weighted by Crippen LogP contribution is -1.97. The molecule has 2 aromatic rings. The number of hydrogen-bond donors (Lipinski definition) is 1. The molecule has 2 rings (SSSR count). The van der Waals surface area contributed by atoms with E-state index in [0.717, 1.165) is 10.5 Å². The molecule has 0 spiro atoms. The van der Waals surface area contributed by atoms with Crippen molar-refractivity contribution in [1.82, 2.24) is 0 Å². The van der Waals surface area contributed by atoms with Crippen LogP contribution in [-0.4, -0.2) is 11.1 Å². The third-order valence-electron chi connectivity index (χ3n) is 2.63. The van der Waals surface area contributed by atoms with Gasteiger partial charge in [-0.25, -0.2) is 4.79 Å². The lowest BCUT2D eigenvalue weighted by atomic mass is 10.2. The molecule has 3 nitrogen and oxygen atoms in total. The van der Waals surface area contributed by atoms with E-state index in [4.69, 9.17) is 10.4 Å². The number of nitrogens with zero attached hydrogens (tertiary/aromatic N) is 1. The standard InChI is InChI=1S/C15H10BrNO2S/c16-14-5-4-12(7-13(14)15(18)19)20-9-11-3-1-2-10(6-11)8-17/h1-7H,9H2,(H,18,19). The molecule has 0 amide bonds. The highest BCUT2D eigenvalue weighted by molar-refractivity contribution is 9.10. The largest absolute Gasteiger partial charge is 0.478 e. The lowest BCUT2D eigenvalue weighted by molar-refractivity contribution is 0.0695. The van der Waals surface area contributed by atoms with Crippen molar-refractivity contribution in [2.75, 3.05) is 0 Å². The Kier molecular flexibility index (Phi) is 4.83. The summed E-state index contributed by atoms with van der Waals surface area (Å²) in [7, 11) is 0. The summed E-state index contributed by atoms with van der Waals surface area (Å²) >= 11 is 4.76. The van der Waals surface area contributed by atoms with E-state index in [9.17, 15) is 4.79 Å². The summed E-state index contributed by atoms with van der Waals surface area (Å²) in [6, 6.07) is 14.7. The molecule has 5 heteroatoms. The van der Waals surface area contributed by atoms with Gasteiger partial charge in [-0.3, -0.25) is 0 Å². The Balaban J connectivity index is 2.13. The first-order valence-electron chi connectivity index (χ1n) is 5.75. The zero-order valence-corrected chi connectivity index (χ0v) is 12.7. The number of carboxylic acid groups (broad SMARTS) is 1. The molecule has 100 valence electrons. The topological polar surface area (TPSA) is 61.1 Å². The average molecular weight is 348 g/mol. The van der Waals surface area contributed by atoms with Crippen LogP contribution in [0.4, 0.5) is 0 Å². The fraction of sp³-hybridized carbons (Fsp3) is 0.0667. The maximum absolute atomic E-state index is 11.1. The fourth-order valence-electron chi connectivity index (χ4n) is 1.66. The Morgan fingerprint density at radius 1 is 1.30 bits per heavy atom. The molecular formula is C15H10BrNO2S. The number of hydrogen-bond acceptors (Lipinski definition) is 3. The van der Waals surface area contributed by atoms with Crippen LogP contribution in [0.2, 0.25) is 0 Å². The molecule has 0 aliphatic rings. The van der Waals surface area contributed by atoms with Gasteiger partial charge in [-0.2, -0.15) is 5.26 Å². The Bertz CT molecular complexity index is 695. The van der Waals surface area contributed by atoms with Gasteiger partial charge in [0.25, 0.3) is 0 Å². The van der Waals surface area contributed by atoms with E-state index in [-0.39, 0.29) is 5.56 Å². The average Bonchev–Trinajstić information content (AvgIpc) is 2.46. The molecule has 0 bridgehead atoms. The highest BCUT2D eigenvalue weighted by atomic mass is 79.9. The number of halogens is 1. The molecule has 0 radical (unpaired) electrons. The van der Waals surface area contributed by atoms with Crippen LogP contribution in [0, 0.1) is 11.3 Å². The molecule has 0 aliphatic heterocycles. The number of thioether (sulfide) groups is 1. The SMILES string of the molecule is N#Cc1cccc(CSc2ccc(Br)c(C(=O)O)c2)c1. The molecular weight excluding hydrogens is 338 g/mol. The van der Waals surface area contributed by atoms with Crippen molar-refractivity contribution in [3.63, 3.8) is 0 Å². The Labute approximate surface area is 129 Å². The van der Waals surface area contributed by atoms with Crippen molar-refractivity contribution >= 4 is 33.7 Å². The summed E-state index contributed by atoms with van der Waals surface area (Å²) in [5.41, 5.74) is 1.92. The molecule has 0 aliphatic carbocycles. The Morgan fingerprint density at radius 3 is 2.80 bits per heavy atom.